The highest BCUT2D eigenvalue weighted by molar-refractivity contribution is 7.19. The Morgan fingerprint density at radius 3 is 2.68 bits per heavy atom. The van der Waals surface area contributed by atoms with Gasteiger partial charge in [-0.2, -0.15) is 18.4 Å². The van der Waals surface area contributed by atoms with Gasteiger partial charge in [-0.05, 0) is 30.3 Å². The summed E-state index contributed by atoms with van der Waals surface area (Å²) in [4.78, 5) is 4.20. The molecule has 0 aliphatic rings. The van der Waals surface area contributed by atoms with Gasteiger partial charge in [0.15, 0.2) is 0 Å². The first-order chi connectivity index (χ1) is 11.9. The zero-order valence-electron chi connectivity index (χ0n) is 13.0. The van der Waals surface area contributed by atoms with E-state index in [2.05, 4.69) is 11.1 Å². The Labute approximate surface area is 145 Å². The lowest BCUT2D eigenvalue weighted by Crippen LogP contribution is -2.03. The summed E-state index contributed by atoms with van der Waals surface area (Å²) in [6.45, 7) is 0. The van der Waals surface area contributed by atoms with Crippen LogP contribution >= 0.6 is 11.3 Å². The molecule has 0 aliphatic heterocycles. The third-order valence-electron chi connectivity index (χ3n) is 3.50. The van der Waals surface area contributed by atoms with Gasteiger partial charge in [0.25, 0.3) is 0 Å². The molecule has 0 saturated heterocycles. The molecular formula is C18H11F3N2OS. The van der Waals surface area contributed by atoms with Crippen molar-refractivity contribution in [2.75, 3.05) is 7.11 Å². The quantitative estimate of drug-likeness (QED) is 0.589. The zero-order valence-corrected chi connectivity index (χ0v) is 13.8. The fourth-order valence-electron chi connectivity index (χ4n) is 2.30. The highest BCUT2D eigenvalue weighted by atomic mass is 32.1. The van der Waals surface area contributed by atoms with Crippen LogP contribution in [0.1, 0.15) is 16.1 Å². The number of methoxy groups -OCH3 is 1. The van der Waals surface area contributed by atoms with Crippen LogP contribution in [0.25, 0.3) is 21.9 Å². The summed E-state index contributed by atoms with van der Waals surface area (Å²) in [6.07, 6.45) is -2.81. The number of nitrogens with zero attached hydrogens (tertiary/aromatic N) is 2. The number of halogens is 3. The summed E-state index contributed by atoms with van der Waals surface area (Å²) in [7, 11) is 1.52. The van der Waals surface area contributed by atoms with E-state index >= 15 is 0 Å². The molecule has 0 bridgehead atoms. The SMILES string of the molecule is COc1ccccc1/C=C(/C#N)c1nc2cc(C(F)(F)F)ccc2s1. The number of aromatic nitrogens is 1. The minimum absolute atomic E-state index is 0.219. The molecule has 0 unspecified atom stereocenters. The maximum absolute atomic E-state index is 12.8. The number of benzene rings is 2. The van der Waals surface area contributed by atoms with Gasteiger partial charge < -0.3 is 4.74 Å². The molecule has 25 heavy (non-hydrogen) atoms. The van der Waals surface area contributed by atoms with Gasteiger partial charge in [0, 0.05) is 5.56 Å². The Kier molecular flexibility index (Phi) is 4.47. The van der Waals surface area contributed by atoms with Gasteiger partial charge in [-0.25, -0.2) is 4.98 Å². The molecule has 7 heteroatoms. The number of rotatable bonds is 3. The van der Waals surface area contributed by atoms with E-state index in [1.54, 1.807) is 30.3 Å². The van der Waals surface area contributed by atoms with E-state index in [9.17, 15) is 18.4 Å². The van der Waals surface area contributed by atoms with Gasteiger partial charge in [-0.15, -0.1) is 11.3 Å². The van der Waals surface area contributed by atoms with Gasteiger partial charge in [-0.1, -0.05) is 18.2 Å². The topological polar surface area (TPSA) is 45.9 Å². The summed E-state index contributed by atoms with van der Waals surface area (Å²) in [5, 5.41) is 9.80. The third-order valence-corrected chi connectivity index (χ3v) is 4.57. The van der Waals surface area contributed by atoms with Crippen molar-refractivity contribution in [3.05, 3.63) is 58.6 Å². The molecule has 1 heterocycles. The lowest BCUT2D eigenvalue weighted by atomic mass is 10.1. The normalized spacial score (nSPS) is 12.2. The predicted octanol–water partition coefficient (Wildman–Crippen LogP) is 5.39. The van der Waals surface area contributed by atoms with Gasteiger partial charge >= 0.3 is 6.18 Å². The number of alkyl halides is 3. The van der Waals surface area contributed by atoms with E-state index in [0.717, 1.165) is 12.1 Å². The van der Waals surface area contributed by atoms with Crippen molar-refractivity contribution in [2.45, 2.75) is 6.18 Å². The zero-order chi connectivity index (χ0) is 18.0. The van der Waals surface area contributed by atoms with Crippen LogP contribution in [0.4, 0.5) is 13.2 Å². The Bertz CT molecular complexity index is 999. The number of para-hydroxylation sites is 1. The van der Waals surface area contributed by atoms with Gasteiger partial charge in [0.2, 0.25) is 0 Å². The second-order valence-corrected chi connectivity index (χ2v) is 6.14. The smallest absolute Gasteiger partial charge is 0.416 e. The monoisotopic (exact) mass is 360 g/mol. The van der Waals surface area contributed by atoms with E-state index in [1.165, 1.54) is 24.5 Å². The molecular weight excluding hydrogens is 349 g/mol. The number of allylic oxidation sites excluding steroid dienone is 1. The van der Waals surface area contributed by atoms with Crippen molar-refractivity contribution in [1.29, 1.82) is 5.26 Å². The first kappa shape index (κ1) is 17.0. The Balaban J connectivity index is 2.07. The van der Waals surface area contributed by atoms with Crippen LogP contribution in [0.5, 0.6) is 5.75 Å². The molecule has 0 radical (unpaired) electrons. The van der Waals surface area contributed by atoms with Crippen LogP contribution in [-0.4, -0.2) is 12.1 Å². The number of nitriles is 1. The van der Waals surface area contributed by atoms with Gasteiger partial charge in [-0.3, -0.25) is 0 Å². The molecule has 2 aromatic carbocycles. The van der Waals surface area contributed by atoms with Crippen molar-refractivity contribution in [3.8, 4) is 11.8 Å². The fourth-order valence-corrected chi connectivity index (χ4v) is 3.21. The van der Waals surface area contributed by atoms with Crippen LogP contribution in [-0.2, 0) is 6.18 Å². The molecule has 3 nitrogen and oxygen atoms in total. The number of hydrogen-bond donors (Lipinski definition) is 0. The van der Waals surface area contributed by atoms with Gasteiger partial charge in [0.1, 0.15) is 16.8 Å². The molecule has 0 fully saturated rings. The van der Waals surface area contributed by atoms with Crippen LogP contribution in [0.15, 0.2) is 42.5 Å². The minimum Gasteiger partial charge on any atom is -0.496 e. The van der Waals surface area contributed by atoms with E-state index in [1.807, 2.05) is 0 Å². The fraction of sp³-hybridized carbons (Fsp3) is 0.111. The summed E-state index contributed by atoms with van der Waals surface area (Å²) < 4.78 is 44.3. The largest absolute Gasteiger partial charge is 0.496 e. The molecule has 0 saturated carbocycles. The van der Waals surface area contributed by atoms with E-state index < -0.39 is 11.7 Å². The highest BCUT2D eigenvalue weighted by Crippen LogP contribution is 2.34. The predicted molar refractivity (Wildman–Crippen MR) is 91.1 cm³/mol. The average molecular weight is 360 g/mol. The van der Waals surface area contributed by atoms with Crippen molar-refractivity contribution in [3.63, 3.8) is 0 Å². The number of fused-ring (bicyclic) bond motifs is 1. The Morgan fingerprint density at radius 2 is 2.00 bits per heavy atom. The molecule has 3 rings (SSSR count). The minimum atomic E-state index is -4.43. The second kappa shape index (κ2) is 6.57. The lowest BCUT2D eigenvalue weighted by molar-refractivity contribution is -0.137. The summed E-state index contributed by atoms with van der Waals surface area (Å²) in [5.74, 6) is 0.593. The number of thiazole rings is 1. The second-order valence-electron chi connectivity index (χ2n) is 5.11. The Hall–Kier alpha value is -2.85. The molecule has 0 atom stereocenters. The van der Waals surface area contributed by atoms with Crippen LogP contribution in [0.2, 0.25) is 0 Å². The van der Waals surface area contributed by atoms with Crippen molar-refractivity contribution < 1.29 is 17.9 Å². The molecule has 0 spiro atoms. The molecule has 0 aliphatic carbocycles. The van der Waals surface area contributed by atoms with Gasteiger partial charge in [0.05, 0.1) is 28.5 Å². The summed E-state index contributed by atoms with van der Waals surface area (Å²) in [6, 6.07) is 12.6. The average Bonchev–Trinajstić information content (AvgIpc) is 3.02. The Morgan fingerprint density at radius 1 is 1.24 bits per heavy atom. The van der Waals surface area contributed by atoms with Crippen molar-refractivity contribution >= 4 is 33.2 Å². The number of ether oxygens (including phenoxy) is 1. The third kappa shape index (κ3) is 3.49. The standard InChI is InChI=1S/C18H11F3N2OS/c1-24-15-5-3-2-4-11(15)8-12(10-22)17-23-14-9-13(18(19,20)21)6-7-16(14)25-17/h2-9H,1H3/b12-8-. The molecule has 0 amide bonds. The van der Waals surface area contributed by atoms with E-state index in [0.29, 0.717) is 21.0 Å². The maximum atomic E-state index is 12.8. The van der Waals surface area contributed by atoms with E-state index in [4.69, 9.17) is 4.74 Å². The lowest BCUT2D eigenvalue weighted by Gasteiger charge is -2.04. The van der Waals surface area contributed by atoms with Crippen molar-refractivity contribution in [2.24, 2.45) is 0 Å². The first-order valence-electron chi connectivity index (χ1n) is 7.15. The molecule has 126 valence electrons. The van der Waals surface area contributed by atoms with E-state index in [-0.39, 0.29) is 11.1 Å². The first-order valence-corrected chi connectivity index (χ1v) is 7.97. The molecule has 0 N–H and O–H groups in total. The summed E-state index contributed by atoms with van der Waals surface area (Å²) in [5.41, 5.74) is 0.413. The highest BCUT2D eigenvalue weighted by Gasteiger charge is 2.30. The van der Waals surface area contributed by atoms with Crippen LogP contribution < -0.4 is 4.74 Å². The summed E-state index contributed by atoms with van der Waals surface area (Å²) >= 11 is 1.17. The molecule has 3 aromatic rings. The number of hydrogen-bond acceptors (Lipinski definition) is 4. The van der Waals surface area contributed by atoms with Crippen LogP contribution in [0.3, 0.4) is 0 Å². The van der Waals surface area contributed by atoms with Crippen molar-refractivity contribution in [1.82, 2.24) is 4.98 Å². The molecule has 1 aromatic heterocycles. The maximum Gasteiger partial charge on any atom is 0.416 e. The van der Waals surface area contributed by atoms with Crippen LogP contribution in [0, 0.1) is 11.3 Å².